The predicted molar refractivity (Wildman–Crippen MR) is 126 cm³/mol. The zero-order valence-electron chi connectivity index (χ0n) is 18.9. The molecule has 0 amide bonds. The van der Waals surface area contributed by atoms with Crippen LogP contribution in [0.25, 0.3) is 22.7 Å². The Kier molecular flexibility index (Phi) is 5.10. The van der Waals surface area contributed by atoms with Crippen LogP contribution in [0.4, 0.5) is 11.5 Å². The number of aliphatic hydroxyl groups excluding tert-OH is 1. The van der Waals surface area contributed by atoms with Gasteiger partial charge in [0, 0.05) is 16.9 Å². The number of nitrogens with zero attached hydrogens (tertiary/aromatic N) is 7. The van der Waals surface area contributed by atoms with Crippen molar-refractivity contribution in [1.82, 2.24) is 34.5 Å². The summed E-state index contributed by atoms with van der Waals surface area (Å²) in [6, 6.07) is 15.4. The lowest BCUT2D eigenvalue weighted by atomic mass is 10.1. The molecule has 9 nitrogen and oxygen atoms in total. The molecule has 1 atom stereocenters. The lowest BCUT2D eigenvalue weighted by molar-refractivity contribution is 0.198. The Morgan fingerprint density at radius 2 is 1.79 bits per heavy atom. The maximum Gasteiger partial charge on any atom is 0.161 e. The molecule has 0 aliphatic carbocycles. The summed E-state index contributed by atoms with van der Waals surface area (Å²) >= 11 is 0. The van der Waals surface area contributed by atoms with E-state index in [2.05, 4.69) is 25.6 Å². The van der Waals surface area contributed by atoms with Gasteiger partial charge in [-0.3, -0.25) is 4.57 Å². The average molecular weight is 441 g/mol. The van der Waals surface area contributed by atoms with Crippen molar-refractivity contribution in [2.75, 3.05) is 5.32 Å². The Hall–Kier alpha value is -4.11. The van der Waals surface area contributed by atoms with E-state index >= 15 is 0 Å². The van der Waals surface area contributed by atoms with E-state index in [4.69, 9.17) is 4.98 Å². The number of anilines is 2. The number of fused-ring (bicyclic) bond motifs is 1. The van der Waals surface area contributed by atoms with E-state index in [0.29, 0.717) is 23.0 Å². The summed E-state index contributed by atoms with van der Waals surface area (Å²) in [5.41, 5.74) is 5.98. The fourth-order valence-corrected chi connectivity index (χ4v) is 3.80. The number of rotatable bonds is 5. The van der Waals surface area contributed by atoms with Gasteiger partial charge in [0.1, 0.15) is 12.1 Å². The normalized spacial score (nSPS) is 12.3. The minimum Gasteiger partial charge on any atom is -0.389 e. The van der Waals surface area contributed by atoms with Crippen LogP contribution in [-0.4, -0.2) is 39.6 Å². The van der Waals surface area contributed by atoms with Gasteiger partial charge in [-0.25, -0.2) is 14.6 Å². The number of benzene rings is 1. The van der Waals surface area contributed by atoms with Gasteiger partial charge in [-0.05, 0) is 76.2 Å². The number of aryl methyl sites for hydroxylation is 3. The molecule has 4 aromatic heterocycles. The van der Waals surface area contributed by atoms with Gasteiger partial charge in [0.15, 0.2) is 11.6 Å². The lowest BCUT2D eigenvalue weighted by Crippen LogP contribution is -2.10. The van der Waals surface area contributed by atoms with Crippen molar-refractivity contribution in [3.63, 3.8) is 0 Å². The van der Waals surface area contributed by atoms with Gasteiger partial charge in [0.05, 0.1) is 28.5 Å². The third-order valence-corrected chi connectivity index (χ3v) is 5.42. The van der Waals surface area contributed by atoms with Gasteiger partial charge in [0.25, 0.3) is 0 Å². The van der Waals surface area contributed by atoms with Crippen LogP contribution in [0.3, 0.4) is 0 Å². The topological polar surface area (TPSA) is 107 Å². The molecule has 166 valence electrons. The van der Waals surface area contributed by atoms with Crippen LogP contribution in [0.15, 0.2) is 54.9 Å². The molecule has 0 radical (unpaired) electrons. The van der Waals surface area contributed by atoms with Crippen molar-refractivity contribution >= 4 is 22.5 Å². The van der Waals surface area contributed by atoms with E-state index in [0.717, 1.165) is 33.8 Å². The molecule has 2 N–H and O–H groups in total. The van der Waals surface area contributed by atoms with Gasteiger partial charge in [-0.2, -0.15) is 10.2 Å². The van der Waals surface area contributed by atoms with E-state index in [1.807, 2.05) is 73.9 Å². The summed E-state index contributed by atoms with van der Waals surface area (Å²) in [7, 11) is 0. The molecule has 1 aromatic carbocycles. The molecule has 0 aliphatic heterocycles. The molecule has 5 aromatic rings. The van der Waals surface area contributed by atoms with Crippen LogP contribution in [-0.2, 0) is 0 Å². The van der Waals surface area contributed by atoms with Gasteiger partial charge >= 0.3 is 0 Å². The van der Waals surface area contributed by atoms with E-state index in [9.17, 15) is 5.11 Å². The maximum absolute atomic E-state index is 10.3. The Labute approximate surface area is 190 Å². The molecule has 5 rings (SSSR count). The predicted octanol–water partition coefficient (Wildman–Crippen LogP) is 4.12. The number of imidazole rings is 1. The first-order valence-electron chi connectivity index (χ1n) is 10.7. The first-order chi connectivity index (χ1) is 15.9. The lowest BCUT2D eigenvalue weighted by Gasteiger charge is -2.15. The van der Waals surface area contributed by atoms with E-state index in [-0.39, 0.29) is 0 Å². The van der Waals surface area contributed by atoms with E-state index < -0.39 is 6.10 Å². The molecule has 0 bridgehead atoms. The summed E-state index contributed by atoms with van der Waals surface area (Å²) in [5.74, 6) is 1.94. The van der Waals surface area contributed by atoms with Crippen molar-refractivity contribution in [3.8, 4) is 11.6 Å². The molecule has 1 unspecified atom stereocenters. The first-order valence-corrected chi connectivity index (χ1v) is 10.7. The van der Waals surface area contributed by atoms with Crippen LogP contribution in [0.2, 0.25) is 0 Å². The average Bonchev–Trinajstić information content (AvgIpc) is 3.36. The van der Waals surface area contributed by atoms with Crippen LogP contribution in [0, 0.1) is 20.8 Å². The third-order valence-electron chi connectivity index (χ3n) is 5.42. The Morgan fingerprint density at radius 3 is 2.48 bits per heavy atom. The highest BCUT2D eigenvalue weighted by atomic mass is 16.3. The van der Waals surface area contributed by atoms with Crippen LogP contribution in [0.5, 0.6) is 0 Å². The standard InChI is InChI=1S/C24H24N8O/c1-14-5-9-22(29-28-14)26-18-6-8-20-21(12-18)31(13-25-20)23-10-7-19(17(4)33)24(27-23)32-16(3)11-15(2)30-32/h5-13,17,33H,1-4H3,(H,26,29). The second-order valence-electron chi connectivity index (χ2n) is 8.10. The zero-order chi connectivity index (χ0) is 23.1. The molecule has 0 spiro atoms. The summed E-state index contributed by atoms with van der Waals surface area (Å²) in [6.45, 7) is 7.53. The number of nitrogens with one attached hydrogen (secondary N) is 1. The number of aromatic nitrogens is 7. The third kappa shape index (κ3) is 3.94. The molecular formula is C24H24N8O. The highest BCUT2D eigenvalue weighted by Gasteiger charge is 2.17. The smallest absolute Gasteiger partial charge is 0.161 e. The van der Waals surface area contributed by atoms with Gasteiger partial charge in [0.2, 0.25) is 0 Å². The van der Waals surface area contributed by atoms with E-state index in [1.54, 1.807) is 17.9 Å². The Balaban J connectivity index is 1.59. The number of aliphatic hydroxyl groups is 1. The summed E-state index contributed by atoms with van der Waals surface area (Å²) in [5, 5.41) is 26.5. The molecule has 9 heteroatoms. The number of hydrogen-bond acceptors (Lipinski definition) is 7. The summed E-state index contributed by atoms with van der Waals surface area (Å²) < 4.78 is 3.69. The summed E-state index contributed by atoms with van der Waals surface area (Å²) in [6.07, 6.45) is 1.06. The van der Waals surface area contributed by atoms with Crippen LogP contribution < -0.4 is 5.32 Å². The largest absolute Gasteiger partial charge is 0.389 e. The first kappa shape index (κ1) is 20.8. The Bertz CT molecular complexity index is 1450. The van der Waals surface area contributed by atoms with Crippen molar-refractivity contribution in [1.29, 1.82) is 0 Å². The van der Waals surface area contributed by atoms with Crippen LogP contribution in [0.1, 0.15) is 35.7 Å². The van der Waals surface area contributed by atoms with Crippen molar-refractivity contribution < 1.29 is 5.11 Å². The molecule has 33 heavy (non-hydrogen) atoms. The quantitative estimate of drug-likeness (QED) is 0.423. The molecule has 4 heterocycles. The van der Waals surface area contributed by atoms with Gasteiger partial charge in [-0.1, -0.05) is 0 Å². The Morgan fingerprint density at radius 1 is 0.939 bits per heavy atom. The minimum absolute atomic E-state index is 0.596. The minimum atomic E-state index is -0.684. The number of hydrogen-bond donors (Lipinski definition) is 2. The molecule has 0 saturated heterocycles. The molecular weight excluding hydrogens is 416 g/mol. The second-order valence-corrected chi connectivity index (χ2v) is 8.10. The van der Waals surface area contributed by atoms with Crippen molar-refractivity contribution in [2.24, 2.45) is 0 Å². The van der Waals surface area contributed by atoms with Crippen molar-refractivity contribution in [2.45, 2.75) is 33.8 Å². The zero-order valence-corrected chi connectivity index (χ0v) is 18.9. The monoisotopic (exact) mass is 440 g/mol. The fourth-order valence-electron chi connectivity index (χ4n) is 3.80. The van der Waals surface area contributed by atoms with E-state index in [1.165, 1.54) is 0 Å². The molecule has 0 saturated carbocycles. The fraction of sp³-hybridized carbons (Fsp3) is 0.208. The SMILES string of the molecule is Cc1ccc(Nc2ccc3ncn(-c4ccc(C(C)O)c(-n5nc(C)cc5C)n4)c3c2)nn1. The van der Waals surface area contributed by atoms with Crippen molar-refractivity contribution in [3.05, 3.63) is 77.5 Å². The highest BCUT2D eigenvalue weighted by Crippen LogP contribution is 2.26. The van der Waals surface area contributed by atoms with Crippen LogP contribution >= 0.6 is 0 Å². The molecule has 0 aliphatic rings. The van der Waals surface area contributed by atoms with Gasteiger partial charge < -0.3 is 10.4 Å². The maximum atomic E-state index is 10.3. The highest BCUT2D eigenvalue weighted by molar-refractivity contribution is 5.82. The summed E-state index contributed by atoms with van der Waals surface area (Å²) in [4.78, 5) is 9.41. The van der Waals surface area contributed by atoms with Gasteiger partial charge in [-0.15, -0.1) is 5.10 Å². The molecule has 0 fully saturated rings. The second kappa shape index (κ2) is 8.10. The number of pyridine rings is 1.